The summed E-state index contributed by atoms with van der Waals surface area (Å²) in [4.78, 5) is 16.4. The molecular formula is C11H13N3O2S. The lowest BCUT2D eigenvalue weighted by Gasteiger charge is -2.13. The Kier molecular flexibility index (Phi) is 3.26. The first-order chi connectivity index (χ1) is 8.11. The highest BCUT2D eigenvalue weighted by molar-refractivity contribution is 7.13. The number of nitrogens with one attached hydrogen (secondary N) is 1. The molecule has 17 heavy (non-hydrogen) atoms. The van der Waals surface area contributed by atoms with Crippen LogP contribution in [0.1, 0.15) is 5.56 Å². The van der Waals surface area contributed by atoms with E-state index in [-0.39, 0.29) is 6.03 Å². The van der Waals surface area contributed by atoms with Gasteiger partial charge in [0, 0.05) is 12.4 Å². The number of nitrogens with zero attached hydrogens (tertiary/aromatic N) is 2. The summed E-state index contributed by atoms with van der Waals surface area (Å²) >= 11 is 1.36. The van der Waals surface area contributed by atoms with Crippen molar-refractivity contribution in [2.75, 3.05) is 19.5 Å². The molecule has 0 unspecified atom stereocenters. The fourth-order valence-electron chi connectivity index (χ4n) is 1.41. The third kappa shape index (κ3) is 2.37. The lowest BCUT2D eigenvalue weighted by Crippen LogP contribution is -2.30. The van der Waals surface area contributed by atoms with E-state index >= 15 is 0 Å². The molecule has 0 saturated heterocycles. The number of hydrogen-bond acceptors (Lipinski definition) is 4. The van der Waals surface area contributed by atoms with Gasteiger partial charge < -0.3 is 0 Å². The van der Waals surface area contributed by atoms with Crippen LogP contribution in [0.25, 0.3) is 10.1 Å². The third-order valence-corrected chi connectivity index (χ3v) is 3.24. The highest BCUT2D eigenvalue weighted by Crippen LogP contribution is 2.27. The number of urea groups is 1. The molecule has 0 aliphatic carbocycles. The number of carbonyl (C=O) groups excluding carboxylic acids is 1. The molecule has 1 heterocycles. The maximum absolute atomic E-state index is 11.6. The largest absolute Gasteiger partial charge is 0.346 e. The van der Waals surface area contributed by atoms with Gasteiger partial charge in [0.25, 0.3) is 0 Å². The first-order valence-electron chi connectivity index (χ1n) is 5.06. The molecule has 6 heteroatoms. The quantitative estimate of drug-likeness (QED) is 0.835. The number of carbonyl (C=O) groups is 1. The highest BCUT2D eigenvalue weighted by Gasteiger charge is 2.12. The standard InChI is InChI=1S/C11H13N3O2S/c1-7-4-5-9-8(6-7)10(13-17-9)12-11(15)14(2)16-3/h4-6H,1-3H3,(H,12,13,15). The molecular weight excluding hydrogens is 238 g/mol. The Morgan fingerprint density at radius 1 is 1.53 bits per heavy atom. The molecule has 2 amide bonds. The van der Waals surface area contributed by atoms with E-state index in [0.717, 1.165) is 20.7 Å². The van der Waals surface area contributed by atoms with Crippen molar-refractivity contribution in [1.29, 1.82) is 0 Å². The Balaban J connectivity index is 2.30. The molecule has 2 aromatic rings. The monoisotopic (exact) mass is 251 g/mol. The molecule has 90 valence electrons. The van der Waals surface area contributed by atoms with Crippen LogP contribution in [-0.4, -0.2) is 29.6 Å². The van der Waals surface area contributed by atoms with Crippen LogP contribution in [0.4, 0.5) is 10.6 Å². The molecule has 0 bridgehead atoms. The van der Waals surface area contributed by atoms with Gasteiger partial charge in [0.15, 0.2) is 5.82 Å². The van der Waals surface area contributed by atoms with E-state index in [1.165, 1.54) is 25.7 Å². The van der Waals surface area contributed by atoms with E-state index in [0.29, 0.717) is 5.82 Å². The SMILES string of the molecule is CON(C)C(=O)Nc1nsc2ccc(C)cc12. The number of amides is 2. The Labute approximate surface area is 103 Å². The van der Waals surface area contributed by atoms with E-state index < -0.39 is 0 Å². The van der Waals surface area contributed by atoms with Crippen molar-refractivity contribution >= 4 is 33.5 Å². The molecule has 1 N–H and O–H groups in total. The smallest absolute Gasteiger partial charge is 0.289 e. The summed E-state index contributed by atoms with van der Waals surface area (Å²) in [5.41, 5.74) is 1.13. The Morgan fingerprint density at radius 2 is 2.29 bits per heavy atom. The summed E-state index contributed by atoms with van der Waals surface area (Å²) in [6, 6.07) is 5.67. The summed E-state index contributed by atoms with van der Waals surface area (Å²) in [5, 5.41) is 4.77. The first kappa shape index (κ1) is 11.8. The number of hydroxylamine groups is 2. The molecule has 1 aromatic heterocycles. The fourth-order valence-corrected chi connectivity index (χ4v) is 2.12. The number of aryl methyl sites for hydroxylation is 1. The first-order valence-corrected chi connectivity index (χ1v) is 5.84. The van der Waals surface area contributed by atoms with E-state index in [4.69, 9.17) is 4.84 Å². The van der Waals surface area contributed by atoms with E-state index in [9.17, 15) is 4.79 Å². The molecule has 2 rings (SSSR count). The lowest BCUT2D eigenvalue weighted by atomic mass is 10.2. The molecule has 0 atom stereocenters. The van der Waals surface area contributed by atoms with Crippen molar-refractivity contribution in [2.24, 2.45) is 0 Å². The van der Waals surface area contributed by atoms with Crippen molar-refractivity contribution in [3.63, 3.8) is 0 Å². The van der Waals surface area contributed by atoms with Crippen LogP contribution in [-0.2, 0) is 4.84 Å². The van der Waals surface area contributed by atoms with Gasteiger partial charge in [0.1, 0.15) is 0 Å². The summed E-state index contributed by atoms with van der Waals surface area (Å²) in [7, 11) is 2.97. The average molecular weight is 251 g/mol. The second-order valence-corrected chi connectivity index (χ2v) is 4.45. The van der Waals surface area contributed by atoms with Gasteiger partial charge in [-0.05, 0) is 30.6 Å². The van der Waals surface area contributed by atoms with Crippen LogP contribution in [0.5, 0.6) is 0 Å². The number of hydrogen-bond donors (Lipinski definition) is 1. The van der Waals surface area contributed by atoms with Gasteiger partial charge in [-0.3, -0.25) is 10.2 Å². The van der Waals surface area contributed by atoms with Crippen LogP contribution in [0.3, 0.4) is 0 Å². The average Bonchev–Trinajstić information content (AvgIpc) is 2.71. The Bertz CT molecular complexity index is 553. The highest BCUT2D eigenvalue weighted by atomic mass is 32.1. The van der Waals surface area contributed by atoms with Gasteiger partial charge in [0.2, 0.25) is 0 Å². The zero-order valence-corrected chi connectivity index (χ0v) is 10.7. The number of rotatable bonds is 2. The summed E-state index contributed by atoms with van der Waals surface area (Å²) in [5.74, 6) is 0.572. The molecule has 0 saturated carbocycles. The van der Waals surface area contributed by atoms with Crippen molar-refractivity contribution in [3.8, 4) is 0 Å². The summed E-state index contributed by atoms with van der Waals surface area (Å²) in [6.45, 7) is 2.00. The van der Waals surface area contributed by atoms with Crippen LogP contribution in [0, 0.1) is 6.92 Å². The Hall–Kier alpha value is -1.66. The molecule has 1 aromatic carbocycles. The van der Waals surface area contributed by atoms with Gasteiger partial charge in [0.05, 0.1) is 11.8 Å². The number of fused-ring (bicyclic) bond motifs is 1. The van der Waals surface area contributed by atoms with Gasteiger partial charge in [-0.25, -0.2) is 9.86 Å². The minimum absolute atomic E-state index is 0.346. The maximum Gasteiger partial charge on any atom is 0.346 e. The molecule has 5 nitrogen and oxygen atoms in total. The molecule has 0 spiro atoms. The minimum Gasteiger partial charge on any atom is -0.289 e. The van der Waals surface area contributed by atoms with Gasteiger partial charge in [-0.15, -0.1) is 0 Å². The topological polar surface area (TPSA) is 54.5 Å². The normalized spacial score (nSPS) is 10.5. The van der Waals surface area contributed by atoms with Crippen molar-refractivity contribution in [3.05, 3.63) is 23.8 Å². The predicted molar refractivity (Wildman–Crippen MR) is 68.1 cm³/mol. The molecule has 0 fully saturated rings. The molecule has 0 radical (unpaired) electrons. The number of anilines is 1. The van der Waals surface area contributed by atoms with Crippen molar-refractivity contribution in [1.82, 2.24) is 9.44 Å². The molecule has 0 aliphatic heterocycles. The zero-order valence-electron chi connectivity index (χ0n) is 9.85. The Morgan fingerprint density at radius 3 is 3.00 bits per heavy atom. The number of aromatic nitrogens is 1. The molecule has 0 aliphatic rings. The van der Waals surface area contributed by atoms with Crippen LogP contribution < -0.4 is 5.32 Å². The third-order valence-electron chi connectivity index (χ3n) is 2.41. The van der Waals surface area contributed by atoms with Crippen molar-refractivity contribution < 1.29 is 9.63 Å². The summed E-state index contributed by atoms with van der Waals surface area (Å²) < 4.78 is 5.27. The van der Waals surface area contributed by atoms with E-state index in [2.05, 4.69) is 9.69 Å². The fraction of sp³-hybridized carbons (Fsp3) is 0.273. The van der Waals surface area contributed by atoms with Crippen LogP contribution >= 0.6 is 11.5 Å². The van der Waals surface area contributed by atoms with Crippen LogP contribution in [0.2, 0.25) is 0 Å². The van der Waals surface area contributed by atoms with E-state index in [1.807, 2.05) is 25.1 Å². The predicted octanol–water partition coefficient (Wildman–Crippen LogP) is 2.63. The maximum atomic E-state index is 11.6. The zero-order chi connectivity index (χ0) is 12.4. The second-order valence-electron chi connectivity index (χ2n) is 3.64. The van der Waals surface area contributed by atoms with Gasteiger partial charge in [-0.1, -0.05) is 11.6 Å². The second kappa shape index (κ2) is 4.68. The van der Waals surface area contributed by atoms with E-state index in [1.54, 1.807) is 0 Å². The van der Waals surface area contributed by atoms with Gasteiger partial charge in [-0.2, -0.15) is 4.37 Å². The summed E-state index contributed by atoms with van der Waals surface area (Å²) in [6.07, 6.45) is 0. The number of benzene rings is 1. The van der Waals surface area contributed by atoms with Gasteiger partial charge >= 0.3 is 6.03 Å². The van der Waals surface area contributed by atoms with Crippen LogP contribution in [0.15, 0.2) is 18.2 Å². The van der Waals surface area contributed by atoms with Crippen molar-refractivity contribution in [2.45, 2.75) is 6.92 Å². The lowest BCUT2D eigenvalue weighted by molar-refractivity contribution is -0.0598. The minimum atomic E-state index is -0.346.